The van der Waals surface area contributed by atoms with Gasteiger partial charge in [0.05, 0.1) is 10.5 Å². The first-order valence-corrected chi connectivity index (χ1v) is 11.8. The van der Waals surface area contributed by atoms with E-state index in [-0.39, 0.29) is 23.4 Å². The average Bonchev–Trinajstić information content (AvgIpc) is 2.79. The lowest BCUT2D eigenvalue weighted by atomic mass is 10.1. The normalized spacial score (nSPS) is 12.9. The smallest absolute Gasteiger partial charge is 0.326 e. The van der Waals surface area contributed by atoms with E-state index in [4.69, 9.17) is 0 Å². The molecule has 3 aromatic rings. The zero-order chi connectivity index (χ0) is 24.9. The van der Waals surface area contributed by atoms with E-state index in [0.717, 1.165) is 11.6 Å². The van der Waals surface area contributed by atoms with Crippen molar-refractivity contribution in [2.75, 3.05) is 5.32 Å². The van der Waals surface area contributed by atoms with Crippen molar-refractivity contribution in [1.29, 1.82) is 0 Å². The summed E-state index contributed by atoms with van der Waals surface area (Å²) in [7, 11) is -3.77. The number of carbonyl (C=O) groups excluding carboxylic acids is 1. The van der Waals surface area contributed by atoms with Crippen molar-refractivity contribution < 1.29 is 30.8 Å². The number of nitrogens with one attached hydrogen (secondary N) is 2. The van der Waals surface area contributed by atoms with Crippen LogP contribution in [0, 0.1) is 5.82 Å². The van der Waals surface area contributed by atoms with E-state index >= 15 is 0 Å². The fourth-order valence-electron chi connectivity index (χ4n) is 3.25. The summed E-state index contributed by atoms with van der Waals surface area (Å²) in [5, 5.41) is 2.31. The van der Waals surface area contributed by atoms with Gasteiger partial charge in [-0.15, -0.1) is 0 Å². The molecule has 0 aliphatic rings. The summed E-state index contributed by atoms with van der Waals surface area (Å²) in [5.74, 6) is -1.98. The topological polar surface area (TPSA) is 75.3 Å². The Morgan fingerprint density at radius 3 is 2.24 bits per heavy atom. The first kappa shape index (κ1) is 25.4. The third kappa shape index (κ3) is 6.64. The maximum atomic E-state index is 13.4. The van der Waals surface area contributed by atoms with E-state index in [1.54, 1.807) is 19.1 Å². The number of hydrogen-bond donors (Lipinski definition) is 2. The van der Waals surface area contributed by atoms with Gasteiger partial charge in [-0.25, -0.2) is 17.5 Å². The number of benzene rings is 3. The van der Waals surface area contributed by atoms with Crippen molar-refractivity contribution in [2.45, 2.75) is 36.9 Å². The summed E-state index contributed by atoms with van der Waals surface area (Å²) in [5.41, 5.74) is -0.145. The third-order valence-electron chi connectivity index (χ3n) is 5.06. The van der Waals surface area contributed by atoms with Gasteiger partial charge < -0.3 is 5.32 Å². The fourth-order valence-corrected chi connectivity index (χ4v) is 4.48. The molecule has 0 bridgehead atoms. The molecule has 0 saturated carbocycles. The molecule has 0 heterocycles. The van der Waals surface area contributed by atoms with Crippen LogP contribution in [0.5, 0.6) is 0 Å². The highest BCUT2D eigenvalue weighted by Crippen LogP contribution is 2.33. The summed E-state index contributed by atoms with van der Waals surface area (Å²) in [4.78, 5) is 12.2. The van der Waals surface area contributed by atoms with Gasteiger partial charge in [-0.2, -0.15) is 13.2 Å². The minimum Gasteiger partial charge on any atom is -0.326 e. The van der Waals surface area contributed by atoms with Gasteiger partial charge in [0, 0.05) is 18.2 Å². The Hall–Kier alpha value is -3.24. The van der Waals surface area contributed by atoms with Gasteiger partial charge in [-0.1, -0.05) is 42.5 Å². The zero-order valence-electron chi connectivity index (χ0n) is 18.1. The molecule has 1 atom stereocenters. The van der Waals surface area contributed by atoms with Gasteiger partial charge in [0.2, 0.25) is 15.9 Å². The molecule has 0 saturated heterocycles. The maximum Gasteiger partial charge on any atom is 0.419 e. The Kier molecular flexibility index (Phi) is 7.73. The number of anilines is 1. The Morgan fingerprint density at radius 2 is 1.62 bits per heavy atom. The maximum absolute atomic E-state index is 13.4. The average molecular weight is 495 g/mol. The lowest BCUT2D eigenvalue weighted by molar-refractivity contribution is -0.140. The lowest BCUT2D eigenvalue weighted by Gasteiger charge is -2.15. The molecule has 0 radical (unpaired) electrons. The van der Waals surface area contributed by atoms with Crippen LogP contribution in [0.1, 0.15) is 36.1 Å². The van der Waals surface area contributed by atoms with Crippen LogP contribution in [0.25, 0.3) is 0 Å². The van der Waals surface area contributed by atoms with Gasteiger partial charge >= 0.3 is 6.18 Å². The summed E-state index contributed by atoms with van der Waals surface area (Å²) >= 11 is 0. The summed E-state index contributed by atoms with van der Waals surface area (Å²) in [6.07, 6.45) is -4.71. The molecule has 2 N–H and O–H groups in total. The number of rotatable bonds is 8. The molecule has 0 aromatic heterocycles. The molecule has 0 aliphatic heterocycles. The number of aryl methyl sites for hydroxylation is 1. The van der Waals surface area contributed by atoms with Crippen LogP contribution in [0.4, 0.5) is 23.2 Å². The number of hydrogen-bond acceptors (Lipinski definition) is 3. The molecule has 180 valence electrons. The number of sulfonamides is 1. The number of amides is 1. The summed E-state index contributed by atoms with van der Waals surface area (Å²) in [6, 6.07) is 16.9. The van der Waals surface area contributed by atoms with Crippen molar-refractivity contribution in [2.24, 2.45) is 0 Å². The molecule has 34 heavy (non-hydrogen) atoms. The predicted molar refractivity (Wildman–Crippen MR) is 120 cm³/mol. The molecule has 0 fully saturated rings. The van der Waals surface area contributed by atoms with E-state index in [0.29, 0.717) is 17.7 Å². The molecule has 5 nitrogen and oxygen atoms in total. The highest BCUT2D eigenvalue weighted by atomic mass is 32.2. The standard InChI is InChI=1S/C24H22F4N2O3S/c1-16(18-5-3-2-4-6-18)30-34(32,33)20-11-7-17(8-12-20)9-14-23(31)29-19-10-13-22(25)21(15-19)24(26,27)28/h2-8,10-13,15-16,30H,9,14H2,1H3,(H,29,31)/t16-/m1/s1. The molecular weight excluding hydrogens is 472 g/mol. The number of alkyl halides is 3. The molecular formula is C24H22F4N2O3S. The van der Waals surface area contributed by atoms with Crippen LogP contribution in [-0.2, 0) is 27.4 Å². The van der Waals surface area contributed by atoms with Gasteiger partial charge in [0.25, 0.3) is 0 Å². The van der Waals surface area contributed by atoms with E-state index in [9.17, 15) is 30.8 Å². The summed E-state index contributed by atoms with van der Waals surface area (Å²) in [6.45, 7) is 1.73. The first-order chi connectivity index (χ1) is 16.0. The highest BCUT2D eigenvalue weighted by Gasteiger charge is 2.34. The minimum atomic E-state index is -4.87. The lowest BCUT2D eigenvalue weighted by Crippen LogP contribution is -2.26. The largest absolute Gasteiger partial charge is 0.419 e. The van der Waals surface area contributed by atoms with Crippen molar-refractivity contribution in [3.05, 3.63) is 95.3 Å². The quantitative estimate of drug-likeness (QED) is 0.409. The van der Waals surface area contributed by atoms with Crippen LogP contribution in [0.2, 0.25) is 0 Å². The third-order valence-corrected chi connectivity index (χ3v) is 6.62. The van der Waals surface area contributed by atoms with Crippen LogP contribution in [-0.4, -0.2) is 14.3 Å². The van der Waals surface area contributed by atoms with Gasteiger partial charge in [-0.05, 0) is 54.8 Å². The molecule has 0 aliphatic carbocycles. The van der Waals surface area contributed by atoms with E-state index in [1.807, 2.05) is 30.3 Å². The minimum absolute atomic E-state index is 0.0614. The molecule has 0 unspecified atom stereocenters. The van der Waals surface area contributed by atoms with E-state index in [2.05, 4.69) is 10.0 Å². The second kappa shape index (κ2) is 10.4. The SMILES string of the molecule is C[C@@H](NS(=O)(=O)c1ccc(CCC(=O)Nc2ccc(F)c(C(F)(F)F)c2)cc1)c1ccccc1. The van der Waals surface area contributed by atoms with Crippen LogP contribution >= 0.6 is 0 Å². The molecule has 10 heteroatoms. The highest BCUT2D eigenvalue weighted by molar-refractivity contribution is 7.89. The van der Waals surface area contributed by atoms with Gasteiger partial charge in [0.1, 0.15) is 5.82 Å². The number of carbonyl (C=O) groups is 1. The van der Waals surface area contributed by atoms with E-state index in [1.165, 1.54) is 12.1 Å². The van der Waals surface area contributed by atoms with Crippen LogP contribution < -0.4 is 10.0 Å². The second-order valence-corrected chi connectivity index (χ2v) is 9.35. The Balaban J connectivity index is 1.58. The second-order valence-electron chi connectivity index (χ2n) is 7.64. The number of halogens is 4. The van der Waals surface area contributed by atoms with Gasteiger partial charge in [-0.3, -0.25) is 4.79 Å². The molecule has 1 amide bonds. The Labute approximate surface area is 194 Å². The molecule has 0 spiro atoms. The predicted octanol–water partition coefficient (Wildman–Crippen LogP) is 5.46. The molecule has 3 rings (SSSR count). The zero-order valence-corrected chi connectivity index (χ0v) is 18.9. The monoisotopic (exact) mass is 494 g/mol. The Morgan fingerprint density at radius 1 is 0.971 bits per heavy atom. The van der Waals surface area contributed by atoms with E-state index < -0.39 is 39.5 Å². The van der Waals surface area contributed by atoms with Crippen LogP contribution in [0.15, 0.2) is 77.7 Å². The first-order valence-electron chi connectivity index (χ1n) is 10.3. The van der Waals surface area contributed by atoms with Crippen molar-refractivity contribution in [3.8, 4) is 0 Å². The molecule has 3 aromatic carbocycles. The summed E-state index contributed by atoms with van der Waals surface area (Å²) < 4.78 is 79.7. The van der Waals surface area contributed by atoms with Crippen molar-refractivity contribution in [3.63, 3.8) is 0 Å². The van der Waals surface area contributed by atoms with Crippen LogP contribution in [0.3, 0.4) is 0 Å². The Bertz CT molecular complexity index is 1250. The van der Waals surface area contributed by atoms with Crippen molar-refractivity contribution in [1.82, 2.24) is 4.72 Å². The van der Waals surface area contributed by atoms with Gasteiger partial charge in [0.15, 0.2) is 0 Å². The van der Waals surface area contributed by atoms with Crippen molar-refractivity contribution >= 4 is 21.6 Å². The fraction of sp³-hybridized carbons (Fsp3) is 0.208.